The van der Waals surface area contributed by atoms with Crippen molar-refractivity contribution < 1.29 is 21.9 Å². The number of sulfonamides is 1. The standard InChI is InChI=1S/C21H12F2N4O3S2/c22-15-7-13(8-16(23)10-15)18-3-1-2-4-20(18)30-19-6-5-17(9-14(19)11-24)32(28,29)27-21-25-12-26-31-21/h1-10,12H,(H,25,26,27). The number of hydrogen-bond acceptors (Lipinski definition) is 7. The van der Waals surface area contributed by atoms with Gasteiger partial charge in [0.05, 0.1) is 10.5 Å². The van der Waals surface area contributed by atoms with Crippen molar-refractivity contribution in [1.82, 2.24) is 9.36 Å². The van der Waals surface area contributed by atoms with E-state index in [4.69, 9.17) is 4.74 Å². The zero-order valence-electron chi connectivity index (χ0n) is 16.0. The molecule has 4 aromatic rings. The number of para-hydroxylation sites is 1. The lowest BCUT2D eigenvalue weighted by atomic mass is 10.0. The van der Waals surface area contributed by atoms with Crippen molar-refractivity contribution in [1.29, 1.82) is 5.26 Å². The van der Waals surface area contributed by atoms with Crippen molar-refractivity contribution >= 4 is 26.7 Å². The Morgan fingerprint density at radius 2 is 1.75 bits per heavy atom. The minimum atomic E-state index is -4.00. The fourth-order valence-corrected chi connectivity index (χ4v) is 4.55. The Kier molecular flexibility index (Phi) is 5.81. The topological polar surface area (TPSA) is 105 Å². The average Bonchev–Trinajstić information content (AvgIpc) is 3.26. The van der Waals surface area contributed by atoms with E-state index in [-0.39, 0.29) is 32.7 Å². The fourth-order valence-electron chi connectivity index (χ4n) is 2.87. The van der Waals surface area contributed by atoms with Crippen LogP contribution in [0.5, 0.6) is 11.5 Å². The van der Waals surface area contributed by atoms with Gasteiger partial charge in [-0.05, 0) is 42.0 Å². The van der Waals surface area contributed by atoms with E-state index < -0.39 is 21.7 Å². The second-order valence-corrected chi connectivity index (χ2v) is 8.84. The average molecular weight is 470 g/mol. The van der Waals surface area contributed by atoms with E-state index in [9.17, 15) is 22.5 Å². The number of aromatic nitrogens is 2. The fraction of sp³-hybridized carbons (Fsp3) is 0. The van der Waals surface area contributed by atoms with Gasteiger partial charge in [0, 0.05) is 23.2 Å². The lowest BCUT2D eigenvalue weighted by Crippen LogP contribution is -2.13. The number of rotatable bonds is 6. The molecular weight excluding hydrogens is 458 g/mol. The minimum absolute atomic E-state index is 0.0506. The molecule has 11 heteroatoms. The van der Waals surface area contributed by atoms with Crippen LogP contribution in [0.4, 0.5) is 13.9 Å². The van der Waals surface area contributed by atoms with E-state index in [1.807, 2.05) is 6.07 Å². The Hall–Kier alpha value is -3.88. The smallest absolute Gasteiger partial charge is 0.263 e. The molecule has 160 valence electrons. The van der Waals surface area contributed by atoms with Gasteiger partial charge in [-0.2, -0.15) is 9.64 Å². The molecule has 0 amide bonds. The molecule has 0 bridgehead atoms. The van der Waals surface area contributed by atoms with Crippen LogP contribution in [-0.2, 0) is 10.0 Å². The lowest BCUT2D eigenvalue weighted by Gasteiger charge is -2.13. The van der Waals surface area contributed by atoms with Gasteiger partial charge in [0.15, 0.2) is 0 Å². The molecule has 1 aromatic heterocycles. The SMILES string of the molecule is N#Cc1cc(S(=O)(=O)Nc2ncns2)ccc1Oc1ccccc1-c1cc(F)cc(F)c1. The normalized spacial score (nSPS) is 11.0. The summed E-state index contributed by atoms with van der Waals surface area (Å²) in [7, 11) is -4.00. The zero-order valence-corrected chi connectivity index (χ0v) is 17.6. The highest BCUT2D eigenvalue weighted by atomic mass is 32.2. The van der Waals surface area contributed by atoms with Crippen LogP contribution in [0.15, 0.2) is 71.9 Å². The van der Waals surface area contributed by atoms with Crippen LogP contribution >= 0.6 is 11.5 Å². The second-order valence-electron chi connectivity index (χ2n) is 6.38. The number of nitriles is 1. The molecule has 0 spiro atoms. The van der Waals surface area contributed by atoms with Crippen LogP contribution in [0, 0.1) is 23.0 Å². The van der Waals surface area contributed by atoms with Crippen molar-refractivity contribution in [2.45, 2.75) is 4.90 Å². The van der Waals surface area contributed by atoms with Crippen molar-refractivity contribution in [2.75, 3.05) is 4.72 Å². The molecule has 3 aromatic carbocycles. The molecule has 0 aliphatic rings. The summed E-state index contributed by atoms with van der Waals surface area (Å²) in [5.74, 6) is -1.18. The van der Waals surface area contributed by atoms with Gasteiger partial charge >= 0.3 is 0 Å². The van der Waals surface area contributed by atoms with Gasteiger partial charge in [-0.25, -0.2) is 22.2 Å². The number of nitrogens with one attached hydrogen (secondary N) is 1. The maximum Gasteiger partial charge on any atom is 0.263 e. The van der Waals surface area contributed by atoms with Gasteiger partial charge in [-0.3, -0.25) is 4.72 Å². The van der Waals surface area contributed by atoms with E-state index in [2.05, 4.69) is 14.1 Å². The first kappa shape index (κ1) is 21.4. The van der Waals surface area contributed by atoms with Gasteiger partial charge in [0.25, 0.3) is 10.0 Å². The molecule has 32 heavy (non-hydrogen) atoms. The number of anilines is 1. The van der Waals surface area contributed by atoms with Gasteiger partial charge in [0.1, 0.15) is 35.5 Å². The number of nitrogens with zero attached hydrogens (tertiary/aromatic N) is 3. The quantitative estimate of drug-likeness (QED) is 0.428. The van der Waals surface area contributed by atoms with Crippen LogP contribution in [0.2, 0.25) is 0 Å². The first-order valence-corrected chi connectivity index (χ1v) is 11.2. The molecule has 0 saturated heterocycles. The summed E-state index contributed by atoms with van der Waals surface area (Å²) in [6.07, 6.45) is 1.21. The molecule has 0 fully saturated rings. The highest BCUT2D eigenvalue weighted by molar-refractivity contribution is 7.93. The molecule has 0 atom stereocenters. The molecule has 1 N–H and O–H groups in total. The van der Waals surface area contributed by atoms with Gasteiger partial charge in [-0.1, -0.05) is 18.2 Å². The number of hydrogen-bond donors (Lipinski definition) is 1. The summed E-state index contributed by atoms with van der Waals surface area (Å²) in [5.41, 5.74) is 0.590. The molecule has 0 saturated carbocycles. The van der Waals surface area contributed by atoms with Crippen LogP contribution in [0.25, 0.3) is 11.1 Å². The van der Waals surface area contributed by atoms with Gasteiger partial charge in [0.2, 0.25) is 5.13 Å². The zero-order chi connectivity index (χ0) is 22.7. The second kappa shape index (κ2) is 8.70. The third-order valence-electron chi connectivity index (χ3n) is 4.25. The first-order valence-electron chi connectivity index (χ1n) is 8.93. The van der Waals surface area contributed by atoms with Crippen LogP contribution in [0.1, 0.15) is 5.56 Å². The summed E-state index contributed by atoms with van der Waals surface area (Å²) in [5, 5.41) is 9.62. The molecular formula is C21H12F2N4O3S2. The summed E-state index contributed by atoms with van der Waals surface area (Å²) in [4.78, 5) is 3.60. The molecule has 7 nitrogen and oxygen atoms in total. The van der Waals surface area contributed by atoms with Crippen LogP contribution < -0.4 is 9.46 Å². The van der Waals surface area contributed by atoms with Crippen LogP contribution in [-0.4, -0.2) is 17.8 Å². The maximum atomic E-state index is 13.7. The third kappa shape index (κ3) is 4.56. The Morgan fingerprint density at radius 1 is 1.00 bits per heavy atom. The summed E-state index contributed by atoms with van der Waals surface area (Å²) in [6.45, 7) is 0. The van der Waals surface area contributed by atoms with Gasteiger partial charge in [-0.15, -0.1) is 0 Å². The van der Waals surface area contributed by atoms with E-state index in [0.717, 1.165) is 35.8 Å². The van der Waals surface area contributed by atoms with Crippen molar-refractivity contribution in [3.8, 4) is 28.7 Å². The Morgan fingerprint density at radius 3 is 2.44 bits per heavy atom. The summed E-state index contributed by atoms with van der Waals surface area (Å²) in [6, 6.07) is 15.2. The minimum Gasteiger partial charge on any atom is -0.455 e. The van der Waals surface area contributed by atoms with E-state index in [0.29, 0.717) is 5.56 Å². The number of ether oxygens (including phenoxy) is 1. The summed E-state index contributed by atoms with van der Waals surface area (Å²) >= 11 is 0.866. The highest BCUT2D eigenvalue weighted by Crippen LogP contribution is 2.35. The Balaban J connectivity index is 1.68. The maximum absolute atomic E-state index is 13.7. The molecule has 0 radical (unpaired) electrons. The van der Waals surface area contributed by atoms with Crippen molar-refractivity contribution in [3.05, 3.63) is 84.2 Å². The lowest BCUT2D eigenvalue weighted by molar-refractivity contribution is 0.482. The van der Waals surface area contributed by atoms with Gasteiger partial charge < -0.3 is 4.74 Å². The van der Waals surface area contributed by atoms with E-state index in [1.54, 1.807) is 24.3 Å². The third-order valence-corrected chi connectivity index (χ3v) is 6.29. The van der Waals surface area contributed by atoms with Crippen LogP contribution in [0.3, 0.4) is 0 Å². The number of benzene rings is 3. The number of halogens is 2. The Labute approximate surface area is 185 Å². The largest absolute Gasteiger partial charge is 0.455 e. The molecule has 0 aliphatic carbocycles. The molecule has 1 heterocycles. The van der Waals surface area contributed by atoms with E-state index >= 15 is 0 Å². The predicted octanol–water partition coefficient (Wildman–Crippen LogP) is 4.95. The molecule has 0 aliphatic heterocycles. The predicted molar refractivity (Wildman–Crippen MR) is 114 cm³/mol. The monoisotopic (exact) mass is 470 g/mol. The van der Waals surface area contributed by atoms with Crippen molar-refractivity contribution in [3.63, 3.8) is 0 Å². The molecule has 4 rings (SSSR count). The highest BCUT2D eigenvalue weighted by Gasteiger charge is 2.19. The summed E-state index contributed by atoms with van der Waals surface area (Å²) < 4.78 is 64.3. The Bertz CT molecular complexity index is 1420. The van der Waals surface area contributed by atoms with E-state index in [1.165, 1.54) is 18.5 Å². The van der Waals surface area contributed by atoms with Crippen molar-refractivity contribution in [2.24, 2.45) is 0 Å². The molecule has 0 unspecified atom stereocenters. The first-order chi connectivity index (χ1) is 15.4.